The van der Waals surface area contributed by atoms with E-state index in [0.29, 0.717) is 18.1 Å². The highest BCUT2D eigenvalue weighted by Gasteiger charge is 2.36. The molecule has 1 fully saturated rings. The highest BCUT2D eigenvalue weighted by molar-refractivity contribution is 7.98. The lowest BCUT2D eigenvalue weighted by atomic mass is 10.1. The van der Waals surface area contributed by atoms with Crippen molar-refractivity contribution in [1.82, 2.24) is 9.78 Å². The summed E-state index contributed by atoms with van der Waals surface area (Å²) in [6.45, 7) is 4.38. The van der Waals surface area contributed by atoms with Gasteiger partial charge in [-0.3, -0.25) is 9.59 Å². The number of aryl methyl sites for hydroxylation is 2. The zero-order valence-electron chi connectivity index (χ0n) is 17.9. The standard InChI is InChI=1S/C24H23FN4O2S/c1-14-3-6-19(9-15(14)2)28-11-16(10-22(28)30)24(31)26-23-20-12-32-13-21(20)27-29(23)18-7-4-17(25)5-8-18/h3-9,16H,10-13H2,1-2H3,(H,26,31). The number of thioether (sulfide) groups is 1. The van der Waals surface area contributed by atoms with Crippen LogP contribution in [0.15, 0.2) is 42.5 Å². The molecule has 8 heteroatoms. The van der Waals surface area contributed by atoms with E-state index in [9.17, 15) is 14.0 Å². The van der Waals surface area contributed by atoms with E-state index in [1.807, 2.05) is 32.0 Å². The Hall–Kier alpha value is -3.13. The Morgan fingerprint density at radius 2 is 1.84 bits per heavy atom. The molecule has 1 N–H and O–H groups in total. The SMILES string of the molecule is Cc1ccc(N2CC(C(=O)Nc3c4c(nn3-c3ccc(F)cc3)CSC4)CC2=O)cc1C. The summed E-state index contributed by atoms with van der Waals surface area (Å²) < 4.78 is 15.1. The molecule has 32 heavy (non-hydrogen) atoms. The Morgan fingerprint density at radius 1 is 1.09 bits per heavy atom. The molecule has 1 unspecified atom stereocenters. The van der Waals surface area contributed by atoms with Crippen LogP contribution in [0, 0.1) is 25.6 Å². The number of benzene rings is 2. The fourth-order valence-corrected chi connectivity index (χ4v) is 5.19. The van der Waals surface area contributed by atoms with Gasteiger partial charge in [0, 0.05) is 35.7 Å². The molecule has 2 aliphatic rings. The molecule has 1 aromatic heterocycles. The van der Waals surface area contributed by atoms with Crippen LogP contribution in [0.5, 0.6) is 0 Å². The van der Waals surface area contributed by atoms with Crippen LogP contribution in [-0.2, 0) is 21.1 Å². The Labute approximate surface area is 189 Å². The van der Waals surface area contributed by atoms with Gasteiger partial charge in [0.05, 0.1) is 17.3 Å². The molecule has 3 aromatic rings. The average molecular weight is 451 g/mol. The van der Waals surface area contributed by atoms with Gasteiger partial charge >= 0.3 is 0 Å². The molecular weight excluding hydrogens is 427 g/mol. The lowest BCUT2D eigenvalue weighted by molar-refractivity contribution is -0.122. The topological polar surface area (TPSA) is 67.2 Å². The van der Waals surface area contributed by atoms with Crippen LogP contribution >= 0.6 is 11.8 Å². The van der Waals surface area contributed by atoms with Crippen LogP contribution in [0.3, 0.4) is 0 Å². The van der Waals surface area contributed by atoms with E-state index < -0.39 is 5.92 Å². The second kappa shape index (κ2) is 8.09. The first-order chi connectivity index (χ1) is 15.4. The van der Waals surface area contributed by atoms with Gasteiger partial charge in [-0.05, 0) is 61.4 Å². The van der Waals surface area contributed by atoms with Crippen LogP contribution < -0.4 is 10.2 Å². The predicted molar refractivity (Wildman–Crippen MR) is 124 cm³/mol. The van der Waals surface area contributed by atoms with Gasteiger partial charge in [-0.25, -0.2) is 9.07 Å². The molecule has 0 spiro atoms. The molecule has 6 nitrogen and oxygen atoms in total. The number of rotatable bonds is 4. The van der Waals surface area contributed by atoms with Crippen LogP contribution in [-0.4, -0.2) is 28.1 Å². The number of nitrogens with zero attached hydrogens (tertiary/aromatic N) is 3. The van der Waals surface area contributed by atoms with Crippen LogP contribution in [0.2, 0.25) is 0 Å². The summed E-state index contributed by atoms with van der Waals surface area (Å²) in [5, 5.41) is 7.68. The van der Waals surface area contributed by atoms with E-state index in [1.54, 1.807) is 33.5 Å². The third kappa shape index (κ3) is 3.68. The van der Waals surface area contributed by atoms with Gasteiger partial charge in [-0.15, -0.1) is 0 Å². The molecule has 2 aliphatic heterocycles. The largest absolute Gasteiger partial charge is 0.312 e. The molecule has 3 heterocycles. The number of hydrogen-bond acceptors (Lipinski definition) is 4. The Bertz CT molecular complexity index is 1220. The Balaban J connectivity index is 1.39. The average Bonchev–Trinajstić information content (AvgIpc) is 3.47. The lowest BCUT2D eigenvalue weighted by Gasteiger charge is -2.18. The number of fused-ring (bicyclic) bond motifs is 1. The number of nitrogens with one attached hydrogen (secondary N) is 1. The van der Waals surface area contributed by atoms with Crippen molar-refractivity contribution in [2.45, 2.75) is 31.8 Å². The fraction of sp³-hybridized carbons (Fsp3) is 0.292. The maximum Gasteiger partial charge on any atom is 0.230 e. The van der Waals surface area contributed by atoms with Crippen molar-refractivity contribution in [1.29, 1.82) is 0 Å². The number of carbonyl (C=O) groups excluding carboxylic acids is 2. The first-order valence-electron chi connectivity index (χ1n) is 10.5. The quantitative estimate of drug-likeness (QED) is 0.641. The number of carbonyl (C=O) groups is 2. The maximum atomic E-state index is 13.4. The van der Waals surface area contributed by atoms with E-state index in [1.165, 1.54) is 12.1 Å². The molecule has 0 saturated carbocycles. The third-order valence-corrected chi connectivity index (χ3v) is 7.13. The Morgan fingerprint density at radius 3 is 2.59 bits per heavy atom. The predicted octanol–water partition coefficient (Wildman–Crippen LogP) is 4.37. The molecule has 2 amide bonds. The molecule has 1 saturated heterocycles. The van der Waals surface area contributed by atoms with Gasteiger partial charge in [0.1, 0.15) is 11.6 Å². The summed E-state index contributed by atoms with van der Waals surface area (Å²) in [6, 6.07) is 11.9. The summed E-state index contributed by atoms with van der Waals surface area (Å²) in [5.74, 6) is 1.10. The first kappa shape index (κ1) is 20.8. The minimum Gasteiger partial charge on any atom is -0.312 e. The molecule has 5 rings (SSSR count). The first-order valence-corrected chi connectivity index (χ1v) is 11.7. The molecular formula is C24H23FN4O2S. The number of hydrogen-bond donors (Lipinski definition) is 1. The van der Waals surface area contributed by atoms with Crippen molar-refractivity contribution in [2.75, 3.05) is 16.8 Å². The van der Waals surface area contributed by atoms with Crippen LogP contribution in [0.4, 0.5) is 15.9 Å². The summed E-state index contributed by atoms with van der Waals surface area (Å²) in [4.78, 5) is 27.6. The van der Waals surface area contributed by atoms with E-state index in [0.717, 1.165) is 39.6 Å². The molecule has 0 aliphatic carbocycles. The van der Waals surface area contributed by atoms with Gasteiger partial charge in [0.2, 0.25) is 11.8 Å². The van der Waals surface area contributed by atoms with Crippen LogP contribution in [0.25, 0.3) is 5.69 Å². The van der Waals surface area contributed by atoms with E-state index in [4.69, 9.17) is 0 Å². The van der Waals surface area contributed by atoms with E-state index in [-0.39, 0.29) is 24.1 Å². The highest BCUT2D eigenvalue weighted by atomic mass is 32.2. The van der Waals surface area contributed by atoms with Crippen molar-refractivity contribution >= 4 is 35.1 Å². The molecule has 1 atom stereocenters. The second-order valence-electron chi connectivity index (χ2n) is 8.32. The van der Waals surface area contributed by atoms with Gasteiger partial charge < -0.3 is 10.2 Å². The van der Waals surface area contributed by atoms with Crippen molar-refractivity contribution in [3.8, 4) is 5.69 Å². The van der Waals surface area contributed by atoms with Crippen molar-refractivity contribution in [3.63, 3.8) is 0 Å². The summed E-state index contributed by atoms with van der Waals surface area (Å²) >= 11 is 1.74. The van der Waals surface area contributed by atoms with Crippen molar-refractivity contribution in [3.05, 3.63) is 70.7 Å². The smallest absolute Gasteiger partial charge is 0.230 e. The number of aromatic nitrogens is 2. The number of halogens is 1. The number of amides is 2. The van der Waals surface area contributed by atoms with E-state index >= 15 is 0 Å². The van der Waals surface area contributed by atoms with Gasteiger partial charge in [0.15, 0.2) is 0 Å². The maximum absolute atomic E-state index is 13.4. The van der Waals surface area contributed by atoms with Gasteiger partial charge in [-0.1, -0.05) is 6.07 Å². The zero-order valence-corrected chi connectivity index (χ0v) is 18.7. The Kier molecular flexibility index (Phi) is 5.25. The minimum atomic E-state index is -0.453. The third-order valence-electron chi connectivity index (χ3n) is 6.16. The van der Waals surface area contributed by atoms with Gasteiger partial charge in [-0.2, -0.15) is 16.9 Å². The van der Waals surface area contributed by atoms with Crippen LogP contribution in [0.1, 0.15) is 28.8 Å². The number of anilines is 2. The molecule has 0 bridgehead atoms. The summed E-state index contributed by atoms with van der Waals surface area (Å²) in [6.07, 6.45) is 0.167. The van der Waals surface area contributed by atoms with Crippen molar-refractivity contribution in [2.24, 2.45) is 5.92 Å². The fourth-order valence-electron chi connectivity index (χ4n) is 4.16. The normalized spacial score (nSPS) is 17.7. The monoisotopic (exact) mass is 450 g/mol. The molecule has 164 valence electrons. The second-order valence-corrected chi connectivity index (χ2v) is 9.30. The molecule has 0 radical (unpaired) electrons. The van der Waals surface area contributed by atoms with Crippen molar-refractivity contribution < 1.29 is 14.0 Å². The minimum absolute atomic E-state index is 0.0544. The summed E-state index contributed by atoms with van der Waals surface area (Å²) in [5.41, 5.74) is 5.69. The van der Waals surface area contributed by atoms with E-state index in [2.05, 4.69) is 10.4 Å². The summed E-state index contributed by atoms with van der Waals surface area (Å²) in [7, 11) is 0. The van der Waals surface area contributed by atoms with Gasteiger partial charge in [0.25, 0.3) is 0 Å². The molecule has 2 aromatic carbocycles. The zero-order chi connectivity index (χ0) is 22.4. The highest BCUT2D eigenvalue weighted by Crippen LogP contribution is 2.37. The lowest BCUT2D eigenvalue weighted by Crippen LogP contribution is -2.29.